The van der Waals surface area contributed by atoms with Crippen molar-refractivity contribution in [2.24, 2.45) is 5.73 Å². The highest BCUT2D eigenvalue weighted by molar-refractivity contribution is 5.81. The molecule has 0 saturated carbocycles. The van der Waals surface area contributed by atoms with Crippen molar-refractivity contribution >= 4 is 5.91 Å². The van der Waals surface area contributed by atoms with Gasteiger partial charge in [-0.1, -0.05) is 30.3 Å². The van der Waals surface area contributed by atoms with Crippen LogP contribution in [-0.4, -0.2) is 17.1 Å². The molecule has 1 amide bonds. The van der Waals surface area contributed by atoms with Crippen molar-refractivity contribution in [3.63, 3.8) is 0 Å². The number of amides is 1. The van der Waals surface area contributed by atoms with Gasteiger partial charge in [-0.3, -0.25) is 4.79 Å². The molecule has 0 aromatic heterocycles. The Hall–Kier alpha value is -1.35. The molecule has 15 heavy (non-hydrogen) atoms. The van der Waals surface area contributed by atoms with Gasteiger partial charge in [-0.15, -0.1) is 0 Å². The molecule has 0 spiro atoms. The Balaban J connectivity index is 2.71. The quantitative estimate of drug-likeness (QED) is 0.767. The zero-order chi connectivity index (χ0) is 11.3. The van der Waals surface area contributed by atoms with Crippen molar-refractivity contribution in [1.82, 2.24) is 0 Å². The van der Waals surface area contributed by atoms with Crippen LogP contribution in [-0.2, 0) is 4.79 Å². The maximum absolute atomic E-state index is 11.3. The van der Waals surface area contributed by atoms with Crippen molar-refractivity contribution in [2.45, 2.75) is 31.8 Å². The number of carbonyl (C=O) groups excluding carboxylic acids is 1. The summed E-state index contributed by atoms with van der Waals surface area (Å²) in [6, 6.07) is 9.44. The van der Waals surface area contributed by atoms with Gasteiger partial charge in [0.1, 0.15) is 0 Å². The van der Waals surface area contributed by atoms with E-state index in [1.54, 1.807) is 6.92 Å². The van der Waals surface area contributed by atoms with Gasteiger partial charge in [-0.05, 0) is 25.3 Å². The zero-order valence-electron chi connectivity index (χ0n) is 8.89. The molecule has 0 saturated heterocycles. The van der Waals surface area contributed by atoms with Gasteiger partial charge in [0.2, 0.25) is 5.91 Å². The monoisotopic (exact) mass is 207 g/mol. The first kappa shape index (κ1) is 11.7. The Labute approximate surface area is 89.9 Å². The molecule has 2 atom stereocenters. The Morgan fingerprint density at radius 1 is 1.33 bits per heavy atom. The molecule has 2 unspecified atom stereocenters. The molecule has 0 heterocycles. The normalized spacial score (nSPS) is 14.5. The summed E-state index contributed by atoms with van der Waals surface area (Å²) >= 11 is 0. The molecule has 0 bridgehead atoms. The molecule has 3 N–H and O–H groups in total. The molecular formula is C12H17NO2. The molecule has 0 fully saturated rings. The smallest absolute Gasteiger partial charge is 0.224 e. The van der Waals surface area contributed by atoms with Gasteiger partial charge in [0.25, 0.3) is 0 Å². The fourth-order valence-electron chi connectivity index (χ4n) is 1.57. The van der Waals surface area contributed by atoms with Crippen molar-refractivity contribution in [3.8, 4) is 0 Å². The predicted octanol–water partition coefficient (Wildman–Crippen LogP) is 1.42. The molecule has 0 aliphatic carbocycles. The van der Waals surface area contributed by atoms with Crippen LogP contribution in [0.3, 0.4) is 0 Å². The van der Waals surface area contributed by atoms with E-state index in [0.717, 1.165) is 5.56 Å². The Morgan fingerprint density at radius 2 is 1.93 bits per heavy atom. The van der Waals surface area contributed by atoms with E-state index in [4.69, 9.17) is 5.73 Å². The average molecular weight is 207 g/mol. The third-order valence-corrected chi connectivity index (χ3v) is 2.42. The number of hydrogen-bond acceptors (Lipinski definition) is 2. The Morgan fingerprint density at radius 3 is 2.40 bits per heavy atom. The first-order chi connectivity index (χ1) is 7.11. The van der Waals surface area contributed by atoms with Crippen molar-refractivity contribution in [3.05, 3.63) is 35.9 Å². The van der Waals surface area contributed by atoms with Gasteiger partial charge in [0.05, 0.1) is 12.0 Å². The zero-order valence-corrected chi connectivity index (χ0v) is 8.89. The van der Waals surface area contributed by atoms with Crippen LogP contribution in [0.1, 0.15) is 31.2 Å². The van der Waals surface area contributed by atoms with E-state index in [0.29, 0.717) is 12.8 Å². The minimum atomic E-state index is -0.393. The minimum Gasteiger partial charge on any atom is -0.393 e. The van der Waals surface area contributed by atoms with E-state index >= 15 is 0 Å². The van der Waals surface area contributed by atoms with Crippen LogP contribution in [0.25, 0.3) is 0 Å². The molecule has 0 aliphatic rings. The summed E-state index contributed by atoms with van der Waals surface area (Å²) in [5.41, 5.74) is 6.26. The van der Waals surface area contributed by atoms with E-state index in [1.165, 1.54) is 0 Å². The van der Waals surface area contributed by atoms with Crippen LogP contribution in [0, 0.1) is 0 Å². The topological polar surface area (TPSA) is 63.3 Å². The van der Waals surface area contributed by atoms with Gasteiger partial charge >= 0.3 is 0 Å². The lowest BCUT2D eigenvalue weighted by Crippen LogP contribution is -2.22. The Kier molecular flexibility index (Phi) is 4.31. The van der Waals surface area contributed by atoms with Crippen LogP contribution in [0.5, 0.6) is 0 Å². The van der Waals surface area contributed by atoms with Crippen molar-refractivity contribution < 1.29 is 9.90 Å². The van der Waals surface area contributed by atoms with E-state index in [-0.39, 0.29) is 11.8 Å². The van der Waals surface area contributed by atoms with Crippen LogP contribution < -0.4 is 5.73 Å². The highest BCUT2D eigenvalue weighted by atomic mass is 16.3. The van der Waals surface area contributed by atoms with Gasteiger partial charge in [0.15, 0.2) is 0 Å². The maximum Gasteiger partial charge on any atom is 0.224 e. The van der Waals surface area contributed by atoms with Crippen LogP contribution >= 0.6 is 0 Å². The second kappa shape index (κ2) is 5.51. The average Bonchev–Trinajstić information content (AvgIpc) is 2.18. The lowest BCUT2D eigenvalue weighted by atomic mass is 9.93. The molecule has 1 aromatic rings. The van der Waals surface area contributed by atoms with Gasteiger partial charge in [-0.25, -0.2) is 0 Å². The fourth-order valence-corrected chi connectivity index (χ4v) is 1.57. The van der Waals surface area contributed by atoms with Crippen LogP contribution in [0.15, 0.2) is 30.3 Å². The third kappa shape index (κ3) is 3.72. The van der Waals surface area contributed by atoms with Gasteiger partial charge in [-0.2, -0.15) is 0 Å². The molecule has 3 nitrogen and oxygen atoms in total. The third-order valence-electron chi connectivity index (χ3n) is 2.42. The molecule has 1 rings (SSSR count). The van der Waals surface area contributed by atoms with Crippen molar-refractivity contribution in [1.29, 1.82) is 0 Å². The molecule has 0 aliphatic heterocycles. The number of hydrogen-bond donors (Lipinski definition) is 2. The second-order valence-corrected chi connectivity index (χ2v) is 3.79. The second-order valence-electron chi connectivity index (χ2n) is 3.79. The first-order valence-corrected chi connectivity index (χ1v) is 5.13. The summed E-state index contributed by atoms with van der Waals surface area (Å²) in [5, 5.41) is 9.18. The summed E-state index contributed by atoms with van der Waals surface area (Å²) in [7, 11) is 0. The lowest BCUT2D eigenvalue weighted by Gasteiger charge is -2.14. The molecule has 1 aromatic carbocycles. The van der Waals surface area contributed by atoms with E-state index in [2.05, 4.69) is 0 Å². The number of aliphatic hydroxyl groups is 1. The fraction of sp³-hybridized carbons (Fsp3) is 0.417. The summed E-state index contributed by atoms with van der Waals surface area (Å²) in [5.74, 6) is -0.623. The standard InChI is InChI=1S/C12H17NO2/c1-9(14)7-8-11(12(13)15)10-5-3-2-4-6-10/h2-6,9,11,14H,7-8H2,1H3,(H2,13,15). The van der Waals surface area contributed by atoms with Crippen LogP contribution in [0.2, 0.25) is 0 Å². The molecule has 0 radical (unpaired) electrons. The van der Waals surface area contributed by atoms with Gasteiger partial charge < -0.3 is 10.8 Å². The first-order valence-electron chi connectivity index (χ1n) is 5.13. The van der Waals surface area contributed by atoms with E-state index in [1.807, 2.05) is 30.3 Å². The number of aliphatic hydroxyl groups excluding tert-OH is 1. The molecular weight excluding hydrogens is 190 g/mol. The number of benzene rings is 1. The summed E-state index contributed by atoms with van der Waals surface area (Å²) in [4.78, 5) is 11.3. The van der Waals surface area contributed by atoms with Gasteiger partial charge in [0, 0.05) is 0 Å². The van der Waals surface area contributed by atoms with E-state index in [9.17, 15) is 9.90 Å². The maximum atomic E-state index is 11.3. The molecule has 82 valence electrons. The summed E-state index contributed by atoms with van der Waals surface area (Å²) < 4.78 is 0. The van der Waals surface area contributed by atoms with Crippen molar-refractivity contribution in [2.75, 3.05) is 0 Å². The SMILES string of the molecule is CC(O)CCC(C(N)=O)c1ccccc1. The minimum absolute atomic E-state index is 0.291. The predicted molar refractivity (Wildman–Crippen MR) is 59.3 cm³/mol. The lowest BCUT2D eigenvalue weighted by molar-refractivity contribution is -0.119. The highest BCUT2D eigenvalue weighted by Crippen LogP contribution is 2.21. The number of rotatable bonds is 5. The largest absolute Gasteiger partial charge is 0.393 e. The Bertz CT molecular complexity index is 309. The number of primary amides is 1. The highest BCUT2D eigenvalue weighted by Gasteiger charge is 2.17. The van der Waals surface area contributed by atoms with E-state index < -0.39 is 6.10 Å². The summed E-state index contributed by atoms with van der Waals surface area (Å²) in [6.07, 6.45) is 0.787. The number of carbonyl (C=O) groups is 1. The molecule has 3 heteroatoms. The number of nitrogens with two attached hydrogens (primary N) is 1. The summed E-state index contributed by atoms with van der Waals surface area (Å²) in [6.45, 7) is 1.71. The van der Waals surface area contributed by atoms with Crippen LogP contribution in [0.4, 0.5) is 0 Å².